The molecule has 27 heavy (non-hydrogen) atoms. The minimum absolute atomic E-state index is 0.0746. The molecule has 1 saturated heterocycles. The third-order valence-corrected chi connectivity index (χ3v) is 5.00. The zero-order chi connectivity index (χ0) is 19.4. The molecule has 0 spiro atoms. The van der Waals surface area contributed by atoms with Crippen LogP contribution in [0.4, 0.5) is 5.82 Å². The summed E-state index contributed by atoms with van der Waals surface area (Å²) in [5.74, 6) is 7.49. The Kier molecular flexibility index (Phi) is 5.60. The number of methoxy groups -OCH3 is 1. The van der Waals surface area contributed by atoms with Crippen LogP contribution >= 0.6 is 0 Å². The molecule has 1 amide bonds. The van der Waals surface area contributed by atoms with Crippen LogP contribution in [0.25, 0.3) is 10.8 Å². The number of benzene rings is 1. The predicted molar refractivity (Wildman–Crippen MR) is 105 cm³/mol. The number of ether oxygens (including phenoxy) is 1. The van der Waals surface area contributed by atoms with Crippen LogP contribution in [0, 0.1) is 17.8 Å². The number of hydrogen-bond donors (Lipinski definition) is 2. The highest BCUT2D eigenvalue weighted by Crippen LogP contribution is 2.31. The summed E-state index contributed by atoms with van der Waals surface area (Å²) < 4.78 is 5.35. The Morgan fingerprint density at radius 1 is 1.41 bits per heavy atom. The average Bonchev–Trinajstić information content (AvgIpc) is 3.06. The summed E-state index contributed by atoms with van der Waals surface area (Å²) in [4.78, 5) is 27.6. The molecule has 0 saturated carbocycles. The smallest absolute Gasteiger partial charge is 0.220 e. The van der Waals surface area contributed by atoms with Crippen LogP contribution in [-0.2, 0) is 4.79 Å². The molecule has 2 N–H and O–H groups in total. The molecule has 0 radical (unpaired) electrons. The minimum Gasteiger partial charge on any atom is -0.496 e. The van der Waals surface area contributed by atoms with E-state index < -0.39 is 0 Å². The molecule has 2 unspecified atom stereocenters. The van der Waals surface area contributed by atoms with E-state index in [9.17, 15) is 9.59 Å². The van der Waals surface area contributed by atoms with Crippen molar-refractivity contribution in [1.29, 1.82) is 0 Å². The Morgan fingerprint density at radius 3 is 2.89 bits per heavy atom. The van der Waals surface area contributed by atoms with Crippen molar-refractivity contribution in [3.8, 4) is 17.6 Å². The van der Waals surface area contributed by atoms with Crippen LogP contribution in [-0.4, -0.2) is 36.9 Å². The molecule has 1 aliphatic heterocycles. The summed E-state index contributed by atoms with van der Waals surface area (Å²) in [6.07, 6.45) is 3.99. The molecule has 0 bridgehead atoms. The van der Waals surface area contributed by atoms with Crippen LogP contribution < -0.4 is 15.4 Å². The number of hydrogen-bond acceptors (Lipinski definition) is 5. The van der Waals surface area contributed by atoms with Crippen LogP contribution in [0.5, 0.6) is 5.75 Å². The SMILES string of the molecule is CC#Cc1cnc(NCC2NC(=O)CC2CC)c2cc(OC)c(C=O)cc12. The lowest BCUT2D eigenvalue weighted by atomic mass is 9.97. The predicted octanol–water partition coefficient (Wildman–Crippen LogP) is 2.75. The Labute approximate surface area is 158 Å². The van der Waals surface area contributed by atoms with Crippen molar-refractivity contribution in [1.82, 2.24) is 10.3 Å². The fraction of sp³-hybridized carbons (Fsp3) is 0.381. The van der Waals surface area contributed by atoms with Crippen LogP contribution in [0.2, 0.25) is 0 Å². The number of fused-ring (bicyclic) bond motifs is 1. The highest BCUT2D eigenvalue weighted by Gasteiger charge is 2.30. The number of carbonyl (C=O) groups excluding carboxylic acids is 2. The van der Waals surface area contributed by atoms with E-state index in [1.165, 1.54) is 7.11 Å². The number of aromatic nitrogens is 1. The van der Waals surface area contributed by atoms with Crippen molar-refractivity contribution in [2.45, 2.75) is 32.7 Å². The lowest BCUT2D eigenvalue weighted by Crippen LogP contribution is -2.35. The van der Waals surface area contributed by atoms with Crippen molar-refractivity contribution in [2.75, 3.05) is 19.0 Å². The van der Waals surface area contributed by atoms with Gasteiger partial charge in [-0.15, -0.1) is 5.92 Å². The lowest BCUT2D eigenvalue weighted by molar-refractivity contribution is -0.119. The molecule has 1 fully saturated rings. The molecule has 2 atom stereocenters. The van der Waals surface area contributed by atoms with Gasteiger partial charge in [-0.05, 0) is 25.0 Å². The Morgan fingerprint density at radius 2 is 2.22 bits per heavy atom. The summed E-state index contributed by atoms with van der Waals surface area (Å²) in [6, 6.07) is 3.66. The number of amides is 1. The number of rotatable bonds is 6. The third kappa shape index (κ3) is 3.72. The molecule has 1 aliphatic rings. The third-order valence-electron chi connectivity index (χ3n) is 5.00. The highest BCUT2D eigenvalue weighted by molar-refractivity contribution is 6.00. The van der Waals surface area contributed by atoms with Gasteiger partial charge < -0.3 is 15.4 Å². The van der Waals surface area contributed by atoms with Crippen molar-refractivity contribution >= 4 is 28.8 Å². The van der Waals surface area contributed by atoms with E-state index >= 15 is 0 Å². The second-order valence-electron chi connectivity index (χ2n) is 6.58. The van der Waals surface area contributed by atoms with Crippen molar-refractivity contribution < 1.29 is 14.3 Å². The molecule has 6 heteroatoms. The largest absolute Gasteiger partial charge is 0.496 e. The number of anilines is 1. The summed E-state index contributed by atoms with van der Waals surface area (Å²) in [7, 11) is 1.53. The molecular weight excluding hydrogens is 342 g/mol. The molecule has 1 aromatic carbocycles. The first kappa shape index (κ1) is 18.7. The first-order valence-electron chi connectivity index (χ1n) is 9.03. The van der Waals surface area contributed by atoms with E-state index in [0.29, 0.717) is 36.0 Å². The first-order chi connectivity index (χ1) is 13.1. The molecule has 2 aromatic rings. The highest BCUT2D eigenvalue weighted by atomic mass is 16.5. The van der Waals surface area contributed by atoms with Crippen molar-refractivity contribution in [3.63, 3.8) is 0 Å². The van der Waals surface area contributed by atoms with Gasteiger partial charge >= 0.3 is 0 Å². The lowest BCUT2D eigenvalue weighted by Gasteiger charge is -2.19. The van der Waals surface area contributed by atoms with E-state index in [2.05, 4.69) is 34.4 Å². The Balaban J connectivity index is 1.99. The fourth-order valence-corrected chi connectivity index (χ4v) is 3.54. The maximum absolute atomic E-state index is 11.7. The Hall–Kier alpha value is -3.07. The van der Waals surface area contributed by atoms with Crippen molar-refractivity contribution in [3.05, 3.63) is 29.5 Å². The molecule has 1 aromatic heterocycles. The van der Waals surface area contributed by atoms with Crippen molar-refractivity contribution in [2.24, 2.45) is 5.92 Å². The van der Waals surface area contributed by atoms with Gasteiger partial charge in [0.05, 0.1) is 18.2 Å². The van der Waals surface area contributed by atoms with E-state index in [1.54, 1.807) is 25.3 Å². The quantitative estimate of drug-likeness (QED) is 0.608. The first-order valence-corrected chi connectivity index (χ1v) is 9.03. The number of aldehydes is 1. The molecule has 0 aliphatic carbocycles. The molecule has 140 valence electrons. The zero-order valence-corrected chi connectivity index (χ0v) is 15.8. The Bertz CT molecular complexity index is 943. The van der Waals surface area contributed by atoms with Gasteiger partial charge in [0.1, 0.15) is 11.6 Å². The topological polar surface area (TPSA) is 80.3 Å². The number of carbonyl (C=O) groups is 2. The van der Waals surface area contributed by atoms with E-state index in [1.807, 2.05) is 0 Å². The minimum atomic E-state index is 0.0746. The second-order valence-corrected chi connectivity index (χ2v) is 6.58. The average molecular weight is 365 g/mol. The maximum atomic E-state index is 11.7. The zero-order valence-electron chi connectivity index (χ0n) is 15.8. The summed E-state index contributed by atoms with van der Waals surface area (Å²) >= 11 is 0. The van der Waals surface area contributed by atoms with E-state index in [0.717, 1.165) is 29.0 Å². The summed E-state index contributed by atoms with van der Waals surface area (Å²) in [5.41, 5.74) is 1.22. The van der Waals surface area contributed by atoms with Gasteiger partial charge in [0.15, 0.2) is 6.29 Å². The molecule has 2 heterocycles. The molecule has 6 nitrogen and oxygen atoms in total. The number of nitrogens with one attached hydrogen (secondary N) is 2. The molecular formula is C21H23N3O3. The maximum Gasteiger partial charge on any atom is 0.220 e. The fourth-order valence-electron chi connectivity index (χ4n) is 3.54. The standard InChI is InChI=1S/C21H23N3O3/c1-4-6-14-10-22-21(23-11-18-13(5-2)8-20(26)24-18)17-9-19(27-3)15(12-25)7-16(14)17/h7,9-10,12-13,18H,5,8,11H2,1-3H3,(H,22,23)(H,24,26). The summed E-state index contributed by atoms with van der Waals surface area (Å²) in [6.45, 7) is 4.44. The van der Waals surface area contributed by atoms with Crippen LogP contribution in [0.3, 0.4) is 0 Å². The van der Waals surface area contributed by atoms with Crippen LogP contribution in [0.1, 0.15) is 42.6 Å². The molecule has 3 rings (SSSR count). The second kappa shape index (κ2) is 8.09. The van der Waals surface area contributed by atoms with Gasteiger partial charge in [-0.1, -0.05) is 19.3 Å². The van der Waals surface area contributed by atoms with E-state index in [4.69, 9.17) is 4.74 Å². The van der Waals surface area contributed by atoms with Gasteiger partial charge in [0.2, 0.25) is 5.91 Å². The number of nitrogens with zero attached hydrogens (tertiary/aromatic N) is 1. The monoisotopic (exact) mass is 365 g/mol. The number of pyridine rings is 1. The normalized spacial score (nSPS) is 18.6. The van der Waals surface area contributed by atoms with Crippen LogP contribution in [0.15, 0.2) is 18.3 Å². The van der Waals surface area contributed by atoms with E-state index in [-0.39, 0.29) is 11.9 Å². The van der Waals surface area contributed by atoms with Gasteiger partial charge in [-0.3, -0.25) is 9.59 Å². The summed E-state index contributed by atoms with van der Waals surface area (Å²) in [5, 5.41) is 8.05. The van der Waals surface area contributed by atoms with Gasteiger partial charge in [-0.25, -0.2) is 4.98 Å². The van der Waals surface area contributed by atoms with Gasteiger partial charge in [-0.2, -0.15) is 0 Å². The van der Waals surface area contributed by atoms with Gasteiger partial charge in [0, 0.05) is 36.0 Å². The van der Waals surface area contributed by atoms with Gasteiger partial charge in [0.25, 0.3) is 0 Å².